The van der Waals surface area contributed by atoms with Gasteiger partial charge in [-0.15, -0.1) is 0 Å². The Balaban J connectivity index is 1.60. The van der Waals surface area contributed by atoms with Crippen molar-refractivity contribution in [2.45, 2.75) is 12.5 Å². The van der Waals surface area contributed by atoms with Crippen LogP contribution in [0.4, 0.5) is 4.79 Å². The van der Waals surface area contributed by atoms with Crippen LogP contribution in [-0.2, 0) is 9.53 Å². The van der Waals surface area contributed by atoms with E-state index in [0.717, 1.165) is 9.91 Å². The summed E-state index contributed by atoms with van der Waals surface area (Å²) in [4.78, 5) is 49.9. The van der Waals surface area contributed by atoms with Gasteiger partial charge in [0, 0.05) is 6.54 Å². The molecular weight excluding hydrogens is 302 g/mol. The summed E-state index contributed by atoms with van der Waals surface area (Å²) < 4.78 is 4.76. The molecule has 2 atom stereocenters. The third kappa shape index (κ3) is 1.75. The summed E-state index contributed by atoms with van der Waals surface area (Å²) in [5.41, 5.74) is -0.448. The van der Waals surface area contributed by atoms with E-state index in [0.29, 0.717) is 11.1 Å². The summed E-state index contributed by atoms with van der Waals surface area (Å²) >= 11 is 0. The summed E-state index contributed by atoms with van der Waals surface area (Å²) in [6.07, 6.45) is -0.689. The maximum Gasteiger partial charge on any atom is 0.416 e. The molecule has 2 saturated heterocycles. The van der Waals surface area contributed by atoms with Gasteiger partial charge in [-0.1, -0.05) is 12.1 Å². The van der Waals surface area contributed by atoms with Gasteiger partial charge in [0.2, 0.25) is 0 Å². The van der Waals surface area contributed by atoms with Gasteiger partial charge in [-0.25, -0.2) is 14.7 Å². The van der Waals surface area contributed by atoms with E-state index in [1.54, 1.807) is 31.2 Å². The average molecular weight is 315 g/mol. The zero-order valence-corrected chi connectivity index (χ0v) is 12.3. The van der Waals surface area contributed by atoms with Crippen molar-refractivity contribution >= 4 is 23.8 Å². The number of hydrogen-bond donors (Lipinski definition) is 0. The van der Waals surface area contributed by atoms with Crippen molar-refractivity contribution in [1.82, 2.24) is 14.9 Å². The van der Waals surface area contributed by atoms with Crippen molar-refractivity contribution in [2.75, 3.05) is 19.7 Å². The molecule has 0 bridgehead atoms. The van der Waals surface area contributed by atoms with Crippen LogP contribution < -0.4 is 0 Å². The van der Waals surface area contributed by atoms with Gasteiger partial charge in [-0.05, 0) is 19.1 Å². The van der Waals surface area contributed by atoms with E-state index < -0.39 is 29.4 Å². The highest BCUT2D eigenvalue weighted by molar-refractivity contribution is 6.21. The fraction of sp³-hybridized carbons (Fsp3) is 0.333. The molecule has 3 aliphatic rings. The first-order valence-corrected chi connectivity index (χ1v) is 7.19. The molecule has 0 spiro atoms. The second kappa shape index (κ2) is 4.39. The fourth-order valence-electron chi connectivity index (χ4n) is 2.99. The first kappa shape index (κ1) is 13.9. The SMILES string of the molecule is C[C@]1(C(=O)N2CCOC2=O)CN1N1C(=O)c2ccccc2C1=O. The smallest absolute Gasteiger partial charge is 0.416 e. The zero-order valence-electron chi connectivity index (χ0n) is 12.3. The van der Waals surface area contributed by atoms with Crippen molar-refractivity contribution in [3.63, 3.8) is 0 Å². The average Bonchev–Trinajstić information content (AvgIpc) is 2.92. The van der Waals surface area contributed by atoms with Crippen LogP contribution in [0.1, 0.15) is 27.6 Å². The van der Waals surface area contributed by atoms with Crippen molar-refractivity contribution in [3.05, 3.63) is 35.4 Å². The van der Waals surface area contributed by atoms with Crippen LogP contribution in [0.25, 0.3) is 0 Å². The first-order chi connectivity index (χ1) is 10.9. The minimum absolute atomic E-state index is 0.160. The van der Waals surface area contributed by atoms with Crippen molar-refractivity contribution in [2.24, 2.45) is 0 Å². The zero-order chi connectivity index (χ0) is 16.4. The monoisotopic (exact) mass is 315 g/mol. The molecule has 118 valence electrons. The normalized spacial score (nSPS) is 28.9. The van der Waals surface area contributed by atoms with Gasteiger partial charge in [0.15, 0.2) is 0 Å². The number of amides is 4. The standard InChI is InChI=1S/C15H13N3O5/c1-15(13(21)16-6-7-23-14(16)22)8-17(15)18-11(19)9-4-2-3-5-10(9)12(18)20/h2-5H,6-8H2,1H3/t15-,17?/m1/s1. The summed E-state index contributed by atoms with van der Waals surface area (Å²) in [7, 11) is 0. The minimum atomic E-state index is -1.09. The van der Waals surface area contributed by atoms with Crippen LogP contribution in [0.5, 0.6) is 0 Å². The molecule has 4 amide bonds. The van der Waals surface area contributed by atoms with Gasteiger partial charge in [0.1, 0.15) is 12.1 Å². The van der Waals surface area contributed by atoms with Crippen molar-refractivity contribution in [3.8, 4) is 0 Å². The number of nitrogens with zero attached hydrogens (tertiary/aromatic N) is 3. The molecule has 0 radical (unpaired) electrons. The molecule has 8 nitrogen and oxygen atoms in total. The lowest BCUT2D eigenvalue weighted by Gasteiger charge is -2.21. The molecular formula is C15H13N3O5. The predicted octanol–water partition coefficient (Wildman–Crippen LogP) is 0.251. The number of rotatable bonds is 2. The quantitative estimate of drug-likeness (QED) is 0.574. The van der Waals surface area contributed by atoms with Crippen molar-refractivity contribution < 1.29 is 23.9 Å². The van der Waals surface area contributed by atoms with E-state index >= 15 is 0 Å². The van der Waals surface area contributed by atoms with E-state index in [-0.39, 0.29) is 19.7 Å². The molecule has 1 unspecified atom stereocenters. The molecule has 3 heterocycles. The molecule has 8 heteroatoms. The van der Waals surface area contributed by atoms with Crippen LogP contribution in [-0.4, -0.2) is 64.0 Å². The van der Waals surface area contributed by atoms with Gasteiger partial charge < -0.3 is 4.74 Å². The lowest BCUT2D eigenvalue weighted by Crippen LogP contribution is -2.47. The van der Waals surface area contributed by atoms with E-state index in [2.05, 4.69) is 0 Å². The summed E-state index contributed by atoms with van der Waals surface area (Å²) in [6, 6.07) is 6.52. The lowest BCUT2D eigenvalue weighted by molar-refractivity contribution is -0.132. The number of imide groups is 2. The largest absolute Gasteiger partial charge is 0.447 e. The number of carbonyl (C=O) groups is 4. The second-order valence-corrected chi connectivity index (χ2v) is 5.87. The fourth-order valence-corrected chi connectivity index (χ4v) is 2.99. The third-order valence-electron chi connectivity index (χ3n) is 4.40. The van der Waals surface area contributed by atoms with Gasteiger partial charge in [0.25, 0.3) is 17.7 Å². The highest BCUT2D eigenvalue weighted by atomic mass is 16.6. The number of hydrazine groups is 1. The Kier molecular flexibility index (Phi) is 2.65. The van der Waals surface area contributed by atoms with E-state index in [9.17, 15) is 19.2 Å². The summed E-state index contributed by atoms with van der Waals surface area (Å²) in [6.45, 7) is 2.14. The molecule has 23 heavy (non-hydrogen) atoms. The molecule has 0 aromatic heterocycles. The molecule has 2 fully saturated rings. The molecule has 4 rings (SSSR count). The topological polar surface area (TPSA) is 87.0 Å². The minimum Gasteiger partial charge on any atom is -0.447 e. The molecule has 0 aliphatic carbocycles. The first-order valence-electron chi connectivity index (χ1n) is 7.19. The van der Waals surface area contributed by atoms with Crippen LogP contribution in [0.2, 0.25) is 0 Å². The van der Waals surface area contributed by atoms with Crippen LogP contribution >= 0.6 is 0 Å². The predicted molar refractivity (Wildman–Crippen MR) is 75.1 cm³/mol. The number of carbonyl (C=O) groups excluding carboxylic acids is 4. The third-order valence-corrected chi connectivity index (χ3v) is 4.40. The molecule has 3 aliphatic heterocycles. The van der Waals surface area contributed by atoms with Crippen LogP contribution in [0.3, 0.4) is 0 Å². The summed E-state index contributed by atoms with van der Waals surface area (Å²) in [5.74, 6) is -1.37. The number of ether oxygens (including phenoxy) is 1. The number of fused-ring (bicyclic) bond motifs is 1. The van der Waals surface area contributed by atoms with Crippen molar-refractivity contribution in [1.29, 1.82) is 0 Å². The van der Waals surface area contributed by atoms with E-state index in [1.807, 2.05) is 0 Å². The van der Waals surface area contributed by atoms with Gasteiger partial charge >= 0.3 is 6.09 Å². The molecule has 0 N–H and O–H groups in total. The van der Waals surface area contributed by atoms with Gasteiger partial charge in [0.05, 0.1) is 17.7 Å². The highest BCUT2D eigenvalue weighted by Gasteiger charge is 2.63. The highest BCUT2D eigenvalue weighted by Crippen LogP contribution is 2.40. The Morgan fingerprint density at radius 3 is 2.26 bits per heavy atom. The Hall–Kier alpha value is -2.74. The Morgan fingerprint density at radius 2 is 1.74 bits per heavy atom. The number of benzene rings is 1. The molecule has 1 aromatic carbocycles. The maximum absolute atomic E-state index is 12.5. The Labute approximate surface area is 131 Å². The van der Waals surface area contributed by atoms with E-state index in [1.165, 1.54) is 5.01 Å². The Morgan fingerprint density at radius 1 is 1.13 bits per heavy atom. The summed E-state index contributed by atoms with van der Waals surface area (Å²) in [5, 5.41) is 2.38. The van der Waals surface area contributed by atoms with Gasteiger partial charge in [-0.3, -0.25) is 14.4 Å². The lowest BCUT2D eigenvalue weighted by atomic mass is 10.1. The van der Waals surface area contributed by atoms with E-state index in [4.69, 9.17) is 4.74 Å². The molecule has 0 saturated carbocycles. The van der Waals surface area contributed by atoms with Crippen LogP contribution in [0.15, 0.2) is 24.3 Å². The molecule has 1 aromatic rings. The van der Waals surface area contributed by atoms with Gasteiger partial charge in [-0.2, -0.15) is 5.01 Å². The number of hydrogen-bond acceptors (Lipinski definition) is 6. The number of cyclic esters (lactones) is 1. The maximum atomic E-state index is 12.5. The van der Waals surface area contributed by atoms with Crippen LogP contribution in [0, 0.1) is 0 Å². The second-order valence-electron chi connectivity index (χ2n) is 5.87. The Bertz CT molecular complexity index is 741.